The molecule has 0 aliphatic heterocycles. The van der Waals surface area contributed by atoms with Gasteiger partial charge in [0, 0.05) is 6.04 Å². The van der Waals surface area contributed by atoms with Gasteiger partial charge >= 0.3 is 5.97 Å². The number of methoxy groups -OCH3 is 1. The SMILES string of the molecule is CNC1CCCC(C(=O)OC)C1. The summed E-state index contributed by atoms with van der Waals surface area (Å²) in [5.74, 6) is 0.0798. The van der Waals surface area contributed by atoms with Crippen LogP contribution in [0.25, 0.3) is 0 Å². The van der Waals surface area contributed by atoms with E-state index >= 15 is 0 Å². The minimum atomic E-state index is -0.0463. The third kappa shape index (κ3) is 2.21. The average Bonchev–Trinajstić information content (AvgIpc) is 2.17. The van der Waals surface area contributed by atoms with Crippen LogP contribution in [0.5, 0.6) is 0 Å². The Morgan fingerprint density at radius 2 is 2.25 bits per heavy atom. The van der Waals surface area contributed by atoms with Crippen molar-refractivity contribution in [1.29, 1.82) is 0 Å². The molecule has 0 aromatic heterocycles. The van der Waals surface area contributed by atoms with Crippen molar-refractivity contribution in [3.05, 3.63) is 0 Å². The van der Waals surface area contributed by atoms with Crippen molar-refractivity contribution in [3.8, 4) is 0 Å². The maximum absolute atomic E-state index is 11.2. The zero-order chi connectivity index (χ0) is 8.97. The van der Waals surface area contributed by atoms with Crippen LogP contribution in [0.2, 0.25) is 0 Å². The number of carbonyl (C=O) groups excluding carboxylic acids is 1. The molecular weight excluding hydrogens is 154 g/mol. The maximum atomic E-state index is 11.2. The number of hydrogen-bond donors (Lipinski definition) is 1. The molecule has 2 unspecified atom stereocenters. The predicted molar refractivity (Wildman–Crippen MR) is 46.8 cm³/mol. The molecule has 3 nitrogen and oxygen atoms in total. The molecule has 0 aromatic carbocycles. The summed E-state index contributed by atoms with van der Waals surface area (Å²) in [4.78, 5) is 11.2. The van der Waals surface area contributed by atoms with Gasteiger partial charge in [0.15, 0.2) is 0 Å². The molecule has 1 aliphatic carbocycles. The summed E-state index contributed by atoms with van der Waals surface area (Å²) in [7, 11) is 3.41. The van der Waals surface area contributed by atoms with E-state index in [1.54, 1.807) is 0 Å². The van der Waals surface area contributed by atoms with Gasteiger partial charge in [-0.05, 0) is 26.3 Å². The van der Waals surface area contributed by atoms with Crippen LogP contribution in [0, 0.1) is 5.92 Å². The number of hydrogen-bond acceptors (Lipinski definition) is 3. The van der Waals surface area contributed by atoms with Gasteiger partial charge in [-0.2, -0.15) is 0 Å². The minimum Gasteiger partial charge on any atom is -0.469 e. The second-order valence-electron chi connectivity index (χ2n) is 3.37. The lowest BCUT2D eigenvalue weighted by Gasteiger charge is -2.26. The number of ether oxygens (including phenoxy) is 1. The van der Waals surface area contributed by atoms with E-state index in [4.69, 9.17) is 4.74 Å². The Hall–Kier alpha value is -0.570. The Bertz CT molecular complexity index is 159. The molecule has 0 bridgehead atoms. The van der Waals surface area contributed by atoms with E-state index in [1.807, 2.05) is 7.05 Å². The van der Waals surface area contributed by atoms with Crippen LogP contribution >= 0.6 is 0 Å². The molecule has 3 heteroatoms. The van der Waals surface area contributed by atoms with Gasteiger partial charge in [-0.1, -0.05) is 6.42 Å². The van der Waals surface area contributed by atoms with E-state index in [2.05, 4.69) is 5.32 Å². The molecule has 0 saturated heterocycles. The summed E-state index contributed by atoms with van der Waals surface area (Å²) in [6, 6.07) is 0.503. The van der Waals surface area contributed by atoms with E-state index in [0.717, 1.165) is 19.3 Å². The highest BCUT2D eigenvalue weighted by molar-refractivity contribution is 5.72. The maximum Gasteiger partial charge on any atom is 0.308 e. The van der Waals surface area contributed by atoms with E-state index in [-0.39, 0.29) is 11.9 Å². The Balaban J connectivity index is 2.40. The van der Waals surface area contributed by atoms with Crippen molar-refractivity contribution in [1.82, 2.24) is 5.32 Å². The van der Waals surface area contributed by atoms with Gasteiger partial charge in [-0.3, -0.25) is 4.79 Å². The van der Waals surface area contributed by atoms with Crippen LogP contribution in [0.15, 0.2) is 0 Å². The number of esters is 1. The van der Waals surface area contributed by atoms with Crippen LogP contribution in [0.4, 0.5) is 0 Å². The third-order valence-electron chi connectivity index (χ3n) is 2.62. The van der Waals surface area contributed by atoms with Crippen molar-refractivity contribution in [2.24, 2.45) is 5.92 Å². The zero-order valence-electron chi connectivity index (χ0n) is 7.80. The van der Waals surface area contributed by atoms with Crippen LogP contribution in [-0.2, 0) is 9.53 Å². The molecule has 12 heavy (non-hydrogen) atoms. The second-order valence-corrected chi connectivity index (χ2v) is 3.37. The molecule has 0 amide bonds. The molecule has 2 atom stereocenters. The standard InChI is InChI=1S/C9H17NO2/c1-10-8-5-3-4-7(6-8)9(11)12-2/h7-8,10H,3-6H2,1-2H3. The predicted octanol–water partition coefficient (Wildman–Crippen LogP) is 0.938. The molecule has 0 heterocycles. The fourth-order valence-corrected chi connectivity index (χ4v) is 1.83. The highest BCUT2D eigenvalue weighted by Gasteiger charge is 2.26. The first-order valence-electron chi connectivity index (χ1n) is 4.53. The van der Waals surface area contributed by atoms with Crippen LogP contribution in [0.3, 0.4) is 0 Å². The summed E-state index contributed by atoms with van der Waals surface area (Å²) in [5.41, 5.74) is 0. The first kappa shape index (κ1) is 9.52. The molecular formula is C9H17NO2. The fraction of sp³-hybridized carbons (Fsp3) is 0.889. The van der Waals surface area contributed by atoms with Gasteiger partial charge in [0.1, 0.15) is 0 Å². The number of rotatable bonds is 2. The van der Waals surface area contributed by atoms with Crippen LogP contribution in [-0.4, -0.2) is 26.2 Å². The lowest BCUT2D eigenvalue weighted by atomic mass is 9.86. The Morgan fingerprint density at radius 3 is 2.83 bits per heavy atom. The van der Waals surface area contributed by atoms with Crippen molar-refractivity contribution < 1.29 is 9.53 Å². The largest absolute Gasteiger partial charge is 0.469 e. The normalized spacial score (nSPS) is 29.8. The van der Waals surface area contributed by atoms with E-state index < -0.39 is 0 Å². The van der Waals surface area contributed by atoms with E-state index in [9.17, 15) is 4.79 Å². The fourth-order valence-electron chi connectivity index (χ4n) is 1.83. The molecule has 0 radical (unpaired) electrons. The minimum absolute atomic E-state index is 0.0463. The van der Waals surface area contributed by atoms with Crippen molar-refractivity contribution in [2.75, 3.05) is 14.2 Å². The third-order valence-corrected chi connectivity index (χ3v) is 2.62. The monoisotopic (exact) mass is 171 g/mol. The van der Waals surface area contributed by atoms with E-state index in [0.29, 0.717) is 6.04 Å². The van der Waals surface area contributed by atoms with Crippen molar-refractivity contribution >= 4 is 5.97 Å². The summed E-state index contributed by atoms with van der Waals surface area (Å²) in [5, 5.41) is 3.21. The zero-order valence-corrected chi connectivity index (χ0v) is 7.80. The molecule has 0 spiro atoms. The van der Waals surface area contributed by atoms with Gasteiger partial charge in [0.25, 0.3) is 0 Å². The Morgan fingerprint density at radius 1 is 1.50 bits per heavy atom. The molecule has 0 aromatic rings. The molecule has 1 fully saturated rings. The summed E-state index contributed by atoms with van der Waals surface area (Å²) in [6.45, 7) is 0. The second kappa shape index (κ2) is 4.45. The summed E-state index contributed by atoms with van der Waals surface area (Å²) < 4.78 is 4.72. The van der Waals surface area contributed by atoms with Crippen LogP contribution < -0.4 is 5.32 Å². The topological polar surface area (TPSA) is 38.3 Å². The van der Waals surface area contributed by atoms with Crippen LogP contribution in [0.1, 0.15) is 25.7 Å². The lowest BCUT2D eigenvalue weighted by molar-refractivity contribution is -0.146. The highest BCUT2D eigenvalue weighted by Crippen LogP contribution is 2.24. The highest BCUT2D eigenvalue weighted by atomic mass is 16.5. The first-order chi connectivity index (χ1) is 5.77. The summed E-state index contributed by atoms with van der Waals surface area (Å²) >= 11 is 0. The van der Waals surface area contributed by atoms with Crippen molar-refractivity contribution in [3.63, 3.8) is 0 Å². The van der Waals surface area contributed by atoms with Gasteiger partial charge < -0.3 is 10.1 Å². The smallest absolute Gasteiger partial charge is 0.308 e. The Kier molecular flexibility index (Phi) is 3.53. The van der Waals surface area contributed by atoms with Gasteiger partial charge in [-0.15, -0.1) is 0 Å². The number of nitrogens with one attached hydrogen (secondary N) is 1. The molecule has 70 valence electrons. The quantitative estimate of drug-likeness (QED) is 0.628. The molecule has 1 aliphatic rings. The Labute approximate surface area is 73.5 Å². The molecule has 1 rings (SSSR count). The van der Waals surface area contributed by atoms with Crippen molar-refractivity contribution in [2.45, 2.75) is 31.7 Å². The number of carbonyl (C=O) groups is 1. The van der Waals surface area contributed by atoms with E-state index in [1.165, 1.54) is 13.5 Å². The van der Waals surface area contributed by atoms with Gasteiger partial charge in [-0.25, -0.2) is 0 Å². The van der Waals surface area contributed by atoms with Gasteiger partial charge in [0.2, 0.25) is 0 Å². The average molecular weight is 171 g/mol. The summed E-state index contributed by atoms with van der Waals surface area (Å²) in [6.07, 6.45) is 4.24. The first-order valence-corrected chi connectivity index (χ1v) is 4.53. The van der Waals surface area contributed by atoms with Gasteiger partial charge in [0.05, 0.1) is 13.0 Å². The lowest BCUT2D eigenvalue weighted by Crippen LogP contribution is -2.34. The molecule has 1 saturated carbocycles. The molecule has 1 N–H and O–H groups in total.